The predicted octanol–water partition coefficient (Wildman–Crippen LogP) is 2.51. The number of ether oxygens (including phenoxy) is 1. The van der Waals surface area contributed by atoms with Crippen LogP contribution in [0.25, 0.3) is 11.0 Å². The lowest BCUT2D eigenvalue weighted by molar-refractivity contribution is 0.0796. The van der Waals surface area contributed by atoms with E-state index in [9.17, 15) is 14.4 Å². The molecule has 0 unspecified atom stereocenters. The molecule has 0 atom stereocenters. The summed E-state index contributed by atoms with van der Waals surface area (Å²) in [6.45, 7) is 0.890. The summed E-state index contributed by atoms with van der Waals surface area (Å²) in [5, 5.41) is 3.07. The first-order chi connectivity index (χ1) is 13.0. The maximum absolute atomic E-state index is 12.5. The Labute approximate surface area is 154 Å². The monoisotopic (exact) mass is 364 g/mol. The van der Waals surface area contributed by atoms with Crippen LogP contribution in [0, 0.1) is 0 Å². The van der Waals surface area contributed by atoms with E-state index < -0.39 is 5.91 Å². The Kier molecular flexibility index (Phi) is 4.12. The molecule has 0 bridgehead atoms. The minimum Gasteiger partial charge on any atom is -0.491 e. The van der Waals surface area contributed by atoms with Crippen molar-refractivity contribution in [2.24, 2.45) is 0 Å². The van der Waals surface area contributed by atoms with Crippen molar-refractivity contribution in [1.29, 1.82) is 0 Å². The fourth-order valence-electron chi connectivity index (χ4n) is 2.91. The topological polar surface area (TPSA) is 88.8 Å². The van der Waals surface area contributed by atoms with Crippen LogP contribution in [-0.4, -0.2) is 36.9 Å². The number of benzene rings is 2. The summed E-state index contributed by atoms with van der Waals surface area (Å²) < 4.78 is 11.1. The van der Waals surface area contributed by atoms with Crippen LogP contribution in [0.5, 0.6) is 5.75 Å². The molecule has 7 nitrogen and oxygen atoms in total. The standard InChI is InChI=1S/C20H16N2O5/c1-22-8-9-26-16-7-6-12(10-14(16)20(22)25)21-19(24)18-11-15(23)13-4-2-3-5-17(13)27-18/h2-7,10-11H,8-9H2,1H3,(H,21,24). The van der Waals surface area contributed by atoms with Crippen LogP contribution in [0.2, 0.25) is 0 Å². The lowest BCUT2D eigenvalue weighted by atomic mass is 10.1. The highest BCUT2D eigenvalue weighted by Crippen LogP contribution is 2.26. The Hall–Kier alpha value is -3.61. The van der Waals surface area contributed by atoms with Crippen LogP contribution in [0.1, 0.15) is 20.9 Å². The zero-order valence-corrected chi connectivity index (χ0v) is 14.5. The second kappa shape index (κ2) is 6.60. The Morgan fingerprint density at radius 2 is 1.93 bits per heavy atom. The van der Waals surface area contributed by atoms with E-state index in [1.54, 1.807) is 54.4 Å². The van der Waals surface area contributed by atoms with Crippen molar-refractivity contribution in [2.45, 2.75) is 0 Å². The lowest BCUT2D eigenvalue weighted by Gasteiger charge is -2.13. The quantitative estimate of drug-likeness (QED) is 0.755. The minimum absolute atomic E-state index is 0.103. The molecule has 0 saturated heterocycles. The van der Waals surface area contributed by atoms with E-state index in [1.165, 1.54) is 0 Å². The number of amides is 2. The molecule has 0 aliphatic carbocycles. The number of nitrogens with zero attached hydrogens (tertiary/aromatic N) is 1. The van der Waals surface area contributed by atoms with Gasteiger partial charge >= 0.3 is 0 Å². The maximum atomic E-state index is 12.5. The average molecular weight is 364 g/mol. The molecule has 1 aliphatic heterocycles. The van der Waals surface area contributed by atoms with Gasteiger partial charge in [-0.05, 0) is 30.3 Å². The van der Waals surface area contributed by atoms with Gasteiger partial charge in [-0.3, -0.25) is 14.4 Å². The van der Waals surface area contributed by atoms with E-state index in [0.717, 1.165) is 6.07 Å². The van der Waals surface area contributed by atoms with Gasteiger partial charge in [0.25, 0.3) is 11.8 Å². The summed E-state index contributed by atoms with van der Waals surface area (Å²) in [5.74, 6) is -0.392. The fourth-order valence-corrected chi connectivity index (χ4v) is 2.91. The van der Waals surface area contributed by atoms with Gasteiger partial charge in [0.1, 0.15) is 17.9 Å². The molecule has 0 spiro atoms. The van der Waals surface area contributed by atoms with Crippen LogP contribution in [0.15, 0.2) is 57.7 Å². The first kappa shape index (κ1) is 16.8. The van der Waals surface area contributed by atoms with Crippen LogP contribution >= 0.6 is 0 Å². The van der Waals surface area contributed by atoms with Crippen molar-refractivity contribution < 1.29 is 18.7 Å². The van der Waals surface area contributed by atoms with Crippen molar-refractivity contribution in [3.63, 3.8) is 0 Å². The van der Waals surface area contributed by atoms with E-state index in [4.69, 9.17) is 9.15 Å². The van der Waals surface area contributed by atoms with Crippen LogP contribution in [0.4, 0.5) is 5.69 Å². The van der Waals surface area contributed by atoms with Crippen LogP contribution < -0.4 is 15.5 Å². The smallest absolute Gasteiger partial charge is 0.291 e. The third-order valence-corrected chi connectivity index (χ3v) is 4.36. The highest BCUT2D eigenvalue weighted by molar-refractivity contribution is 6.04. The SMILES string of the molecule is CN1CCOc2ccc(NC(=O)c3cc(=O)c4ccccc4o3)cc2C1=O. The zero-order valence-electron chi connectivity index (χ0n) is 14.5. The van der Waals surface area contributed by atoms with Gasteiger partial charge in [-0.15, -0.1) is 0 Å². The number of para-hydroxylation sites is 1. The third kappa shape index (κ3) is 3.15. The average Bonchev–Trinajstić information content (AvgIpc) is 2.81. The number of anilines is 1. The first-order valence-electron chi connectivity index (χ1n) is 8.39. The van der Waals surface area contributed by atoms with Gasteiger partial charge in [0, 0.05) is 18.8 Å². The summed E-state index contributed by atoms with van der Waals surface area (Å²) >= 11 is 0. The predicted molar refractivity (Wildman–Crippen MR) is 99.3 cm³/mol. The molecular formula is C20H16N2O5. The minimum atomic E-state index is -0.576. The molecule has 0 fully saturated rings. The zero-order chi connectivity index (χ0) is 19.0. The summed E-state index contributed by atoms with van der Waals surface area (Å²) in [7, 11) is 1.69. The normalized spacial score (nSPS) is 13.7. The number of nitrogens with one attached hydrogen (secondary N) is 1. The van der Waals surface area contributed by atoms with E-state index in [2.05, 4.69) is 5.32 Å². The lowest BCUT2D eigenvalue weighted by Crippen LogP contribution is -2.27. The third-order valence-electron chi connectivity index (χ3n) is 4.36. The number of hydrogen-bond donors (Lipinski definition) is 1. The van der Waals surface area contributed by atoms with Crippen molar-refractivity contribution in [3.05, 3.63) is 70.1 Å². The second-order valence-electron chi connectivity index (χ2n) is 6.21. The van der Waals surface area contributed by atoms with Crippen molar-refractivity contribution in [1.82, 2.24) is 4.90 Å². The molecule has 2 aromatic carbocycles. The number of rotatable bonds is 2. The Morgan fingerprint density at radius 3 is 2.78 bits per heavy atom. The molecule has 0 radical (unpaired) electrons. The molecule has 2 heterocycles. The van der Waals surface area contributed by atoms with Gasteiger partial charge in [0.2, 0.25) is 0 Å². The first-order valence-corrected chi connectivity index (χ1v) is 8.39. The molecule has 3 aromatic rings. The number of likely N-dealkylation sites (N-methyl/N-ethyl adjacent to an activating group) is 1. The number of fused-ring (bicyclic) bond motifs is 2. The molecule has 4 rings (SSSR count). The van der Waals surface area contributed by atoms with Gasteiger partial charge in [-0.1, -0.05) is 12.1 Å². The molecule has 1 aliphatic rings. The van der Waals surface area contributed by atoms with Crippen molar-refractivity contribution in [3.8, 4) is 5.75 Å². The highest BCUT2D eigenvalue weighted by atomic mass is 16.5. The van der Waals surface area contributed by atoms with E-state index >= 15 is 0 Å². The molecule has 1 aromatic heterocycles. The fraction of sp³-hybridized carbons (Fsp3) is 0.150. The summed E-state index contributed by atoms with van der Waals surface area (Å²) in [4.78, 5) is 38.6. The van der Waals surface area contributed by atoms with Crippen LogP contribution in [0.3, 0.4) is 0 Å². The van der Waals surface area contributed by atoms with E-state index in [-0.39, 0.29) is 17.1 Å². The van der Waals surface area contributed by atoms with Gasteiger partial charge < -0.3 is 19.4 Å². The van der Waals surface area contributed by atoms with E-state index in [0.29, 0.717) is 41.1 Å². The molecule has 2 amide bonds. The summed E-state index contributed by atoms with van der Waals surface area (Å²) in [6, 6.07) is 12.7. The number of carbonyl (C=O) groups is 2. The maximum Gasteiger partial charge on any atom is 0.291 e. The molecular weight excluding hydrogens is 348 g/mol. The van der Waals surface area contributed by atoms with Crippen LogP contribution in [-0.2, 0) is 0 Å². The summed E-state index contributed by atoms with van der Waals surface area (Å²) in [6.07, 6.45) is 0. The van der Waals surface area contributed by atoms with Crippen molar-refractivity contribution in [2.75, 3.05) is 25.5 Å². The molecule has 27 heavy (non-hydrogen) atoms. The van der Waals surface area contributed by atoms with Gasteiger partial charge in [0.05, 0.1) is 17.5 Å². The summed E-state index contributed by atoms with van der Waals surface area (Å²) in [5.41, 5.74) is 0.811. The van der Waals surface area contributed by atoms with Gasteiger partial charge in [-0.25, -0.2) is 0 Å². The molecule has 7 heteroatoms. The molecule has 0 saturated carbocycles. The number of carbonyl (C=O) groups excluding carboxylic acids is 2. The van der Waals surface area contributed by atoms with Crippen molar-refractivity contribution >= 4 is 28.5 Å². The second-order valence-corrected chi connectivity index (χ2v) is 6.21. The Balaban J connectivity index is 1.65. The Bertz CT molecular complexity index is 1120. The van der Waals surface area contributed by atoms with Gasteiger partial charge in [-0.2, -0.15) is 0 Å². The van der Waals surface area contributed by atoms with Gasteiger partial charge in [0.15, 0.2) is 11.2 Å². The Morgan fingerprint density at radius 1 is 1.11 bits per heavy atom. The highest BCUT2D eigenvalue weighted by Gasteiger charge is 2.22. The molecule has 136 valence electrons. The van der Waals surface area contributed by atoms with E-state index in [1.807, 2.05) is 0 Å². The number of hydrogen-bond acceptors (Lipinski definition) is 5. The largest absolute Gasteiger partial charge is 0.491 e. The molecule has 1 N–H and O–H groups in total.